The van der Waals surface area contributed by atoms with Crippen LogP contribution in [-0.2, 0) is 0 Å². The van der Waals surface area contributed by atoms with E-state index in [0.29, 0.717) is 5.71 Å². The van der Waals surface area contributed by atoms with Gasteiger partial charge in [0.15, 0.2) is 0 Å². The Bertz CT molecular complexity index is 424. The molecule has 0 unspecified atom stereocenters. The first kappa shape index (κ1) is 9.66. The number of benzene rings is 1. The van der Waals surface area contributed by atoms with E-state index in [1.54, 1.807) is 0 Å². The molecule has 1 nitrogen and oxygen atoms in total. The van der Waals surface area contributed by atoms with Crippen molar-refractivity contribution in [2.75, 3.05) is 0 Å². The van der Waals surface area contributed by atoms with Gasteiger partial charge in [0.2, 0.25) is 0 Å². The molecule has 74 valence electrons. The van der Waals surface area contributed by atoms with Crippen molar-refractivity contribution in [3.63, 3.8) is 0 Å². The Kier molecular flexibility index (Phi) is 2.93. The Morgan fingerprint density at radius 1 is 1.07 bits per heavy atom. The van der Waals surface area contributed by atoms with E-state index in [1.165, 1.54) is 5.56 Å². The Morgan fingerprint density at radius 3 is 2.60 bits per heavy atom. The molecule has 1 aromatic carbocycles. The van der Waals surface area contributed by atoms with Crippen LogP contribution in [0.1, 0.15) is 5.56 Å². The molecule has 2 rings (SSSR count). The predicted octanol–water partition coefficient (Wildman–Crippen LogP) is 3.46. The van der Waals surface area contributed by atoms with Gasteiger partial charge in [-0.05, 0) is 11.6 Å². The molecular weight excluding hydrogens is 182 g/mol. The molecule has 1 heteroatoms. The van der Waals surface area contributed by atoms with Gasteiger partial charge in [0.05, 0.1) is 0 Å². The van der Waals surface area contributed by atoms with Crippen molar-refractivity contribution in [2.24, 2.45) is 5.92 Å². The molecule has 0 saturated carbocycles. The molecule has 1 aliphatic carbocycles. The highest BCUT2D eigenvalue weighted by molar-refractivity contribution is 5.98. The van der Waals surface area contributed by atoms with Crippen LogP contribution in [0.25, 0.3) is 6.08 Å². The zero-order valence-electron chi connectivity index (χ0n) is 8.43. The average molecular weight is 195 g/mol. The minimum absolute atomic E-state index is 0.121. The summed E-state index contributed by atoms with van der Waals surface area (Å²) in [5, 5.41) is 7.72. The van der Waals surface area contributed by atoms with Crippen LogP contribution < -0.4 is 0 Å². The van der Waals surface area contributed by atoms with Gasteiger partial charge in [0.1, 0.15) is 0 Å². The lowest BCUT2D eigenvalue weighted by Gasteiger charge is -2.08. The third-order valence-corrected chi connectivity index (χ3v) is 2.36. The second kappa shape index (κ2) is 4.56. The smallest absolute Gasteiger partial charge is 0.0420 e. The summed E-state index contributed by atoms with van der Waals surface area (Å²) in [5.41, 5.74) is 1.82. The minimum Gasteiger partial charge on any atom is -0.304 e. The van der Waals surface area contributed by atoms with E-state index in [0.717, 1.165) is 0 Å². The van der Waals surface area contributed by atoms with Crippen molar-refractivity contribution >= 4 is 11.8 Å². The Labute approximate surface area is 90.0 Å². The summed E-state index contributed by atoms with van der Waals surface area (Å²) < 4.78 is 0. The van der Waals surface area contributed by atoms with E-state index < -0.39 is 0 Å². The van der Waals surface area contributed by atoms with Gasteiger partial charge >= 0.3 is 0 Å². The van der Waals surface area contributed by atoms with Gasteiger partial charge in [-0.3, -0.25) is 0 Å². The first-order valence-electron chi connectivity index (χ1n) is 5.03. The summed E-state index contributed by atoms with van der Waals surface area (Å²) in [7, 11) is 0. The summed E-state index contributed by atoms with van der Waals surface area (Å²) in [6, 6.07) is 10.1. The summed E-state index contributed by atoms with van der Waals surface area (Å²) in [5.74, 6) is 0.121. The van der Waals surface area contributed by atoms with Gasteiger partial charge < -0.3 is 5.41 Å². The van der Waals surface area contributed by atoms with Gasteiger partial charge in [-0.2, -0.15) is 0 Å². The molecule has 0 aromatic heterocycles. The first-order chi connectivity index (χ1) is 7.36. The Morgan fingerprint density at radius 2 is 1.87 bits per heavy atom. The number of hydrogen-bond donors (Lipinski definition) is 1. The molecule has 1 aliphatic rings. The number of nitrogens with one attached hydrogen (secondary N) is 1. The molecule has 1 N–H and O–H groups in total. The highest BCUT2D eigenvalue weighted by atomic mass is 14.4. The molecule has 0 spiro atoms. The lowest BCUT2D eigenvalue weighted by atomic mass is 9.97. The average Bonchev–Trinajstić information content (AvgIpc) is 2.29. The summed E-state index contributed by atoms with van der Waals surface area (Å²) in [4.78, 5) is 0. The van der Waals surface area contributed by atoms with E-state index in [9.17, 15) is 0 Å². The van der Waals surface area contributed by atoms with Crippen molar-refractivity contribution in [3.05, 3.63) is 66.3 Å². The second-order valence-electron chi connectivity index (χ2n) is 3.49. The fraction of sp³-hybridized carbons (Fsp3) is 0.0714. The van der Waals surface area contributed by atoms with E-state index in [1.807, 2.05) is 42.5 Å². The zero-order chi connectivity index (χ0) is 10.5. The largest absolute Gasteiger partial charge is 0.304 e. The van der Waals surface area contributed by atoms with Gasteiger partial charge in [-0.1, -0.05) is 60.7 Å². The highest BCUT2D eigenvalue weighted by Crippen LogP contribution is 2.12. The van der Waals surface area contributed by atoms with Crippen molar-refractivity contribution in [3.8, 4) is 0 Å². The monoisotopic (exact) mass is 195 g/mol. The lowest BCUT2D eigenvalue weighted by molar-refractivity contribution is 1.12. The van der Waals surface area contributed by atoms with Gasteiger partial charge in [0.25, 0.3) is 0 Å². The number of hydrogen-bond acceptors (Lipinski definition) is 1. The number of rotatable bonds is 2. The van der Waals surface area contributed by atoms with Crippen LogP contribution in [0.15, 0.2) is 60.7 Å². The van der Waals surface area contributed by atoms with Gasteiger partial charge in [-0.25, -0.2) is 0 Å². The maximum absolute atomic E-state index is 7.72. The van der Waals surface area contributed by atoms with Crippen LogP contribution in [0.5, 0.6) is 0 Å². The maximum atomic E-state index is 7.72. The molecule has 0 bridgehead atoms. The van der Waals surface area contributed by atoms with Crippen LogP contribution in [0.4, 0.5) is 0 Å². The molecule has 15 heavy (non-hydrogen) atoms. The highest BCUT2D eigenvalue weighted by Gasteiger charge is 2.06. The minimum atomic E-state index is 0.121. The summed E-state index contributed by atoms with van der Waals surface area (Å²) in [6.07, 6.45) is 11.9. The first-order valence-corrected chi connectivity index (χ1v) is 5.03. The molecule has 0 amide bonds. The lowest BCUT2D eigenvalue weighted by Crippen LogP contribution is -2.07. The van der Waals surface area contributed by atoms with Crippen LogP contribution in [-0.4, -0.2) is 5.71 Å². The fourth-order valence-electron chi connectivity index (χ4n) is 1.50. The molecule has 0 heterocycles. The molecule has 0 fully saturated rings. The van der Waals surface area contributed by atoms with E-state index in [2.05, 4.69) is 24.3 Å². The third-order valence-electron chi connectivity index (χ3n) is 2.36. The van der Waals surface area contributed by atoms with Crippen LogP contribution in [0.2, 0.25) is 0 Å². The van der Waals surface area contributed by atoms with Crippen molar-refractivity contribution < 1.29 is 0 Å². The van der Waals surface area contributed by atoms with Crippen molar-refractivity contribution in [1.29, 1.82) is 5.41 Å². The summed E-state index contributed by atoms with van der Waals surface area (Å²) in [6.45, 7) is 0. The van der Waals surface area contributed by atoms with E-state index >= 15 is 0 Å². The van der Waals surface area contributed by atoms with Crippen LogP contribution >= 0.6 is 0 Å². The molecule has 0 aliphatic heterocycles. The molecule has 0 saturated heterocycles. The molecular formula is C14H13N. The van der Waals surface area contributed by atoms with Crippen molar-refractivity contribution in [2.45, 2.75) is 0 Å². The second-order valence-corrected chi connectivity index (χ2v) is 3.49. The van der Waals surface area contributed by atoms with Crippen molar-refractivity contribution in [1.82, 2.24) is 0 Å². The Balaban J connectivity index is 2.09. The molecule has 1 aromatic rings. The normalized spacial score (nSPS) is 20.0. The van der Waals surface area contributed by atoms with Crippen LogP contribution in [0, 0.1) is 11.3 Å². The number of allylic oxidation sites excluding steroid dienone is 5. The molecule has 1 atom stereocenters. The Hall–Kier alpha value is -1.89. The van der Waals surface area contributed by atoms with Gasteiger partial charge in [-0.15, -0.1) is 0 Å². The SMILES string of the molecule is N=C1C=CC=C[C@H]1/C=C/c1ccccc1. The van der Waals surface area contributed by atoms with Crippen LogP contribution in [0.3, 0.4) is 0 Å². The zero-order valence-corrected chi connectivity index (χ0v) is 8.43. The fourth-order valence-corrected chi connectivity index (χ4v) is 1.50. The summed E-state index contributed by atoms with van der Waals surface area (Å²) >= 11 is 0. The quantitative estimate of drug-likeness (QED) is 0.747. The van der Waals surface area contributed by atoms with E-state index in [4.69, 9.17) is 5.41 Å². The van der Waals surface area contributed by atoms with E-state index in [-0.39, 0.29) is 5.92 Å². The maximum Gasteiger partial charge on any atom is 0.0420 e. The molecule has 0 radical (unpaired) electrons. The third kappa shape index (κ3) is 2.53. The predicted molar refractivity (Wildman–Crippen MR) is 65.0 cm³/mol. The standard InChI is InChI=1S/C14H13N/c15-14-9-5-4-8-13(14)11-10-12-6-2-1-3-7-12/h1-11,13,15H/b11-10+,15-14?/t13-/m0/s1. The topological polar surface area (TPSA) is 23.9 Å². The van der Waals surface area contributed by atoms with Gasteiger partial charge in [0, 0.05) is 11.6 Å².